The summed E-state index contributed by atoms with van der Waals surface area (Å²) in [5, 5.41) is 0. The van der Waals surface area contributed by atoms with Gasteiger partial charge in [-0.25, -0.2) is 0 Å². The van der Waals surface area contributed by atoms with Gasteiger partial charge in [-0.2, -0.15) is 0 Å². The number of hydrogen-bond acceptors (Lipinski definition) is 5. The monoisotopic (exact) mass is 504 g/mol. The summed E-state index contributed by atoms with van der Waals surface area (Å²) in [6.07, 6.45) is 5.61. The second-order valence-electron chi connectivity index (χ2n) is 10.3. The molecule has 0 atom stereocenters. The molecule has 0 aromatic heterocycles. The molecule has 198 valence electrons. The second kappa shape index (κ2) is 13.5. The number of benzene rings is 2. The van der Waals surface area contributed by atoms with Crippen molar-refractivity contribution in [1.29, 1.82) is 0 Å². The Balaban J connectivity index is 1.20. The van der Waals surface area contributed by atoms with Crippen LogP contribution in [0, 0.1) is 5.92 Å². The molecule has 0 bridgehead atoms. The molecular weight excluding hydrogens is 464 g/mol. The van der Waals surface area contributed by atoms with E-state index in [9.17, 15) is 14.4 Å². The summed E-state index contributed by atoms with van der Waals surface area (Å²) < 4.78 is 4.91. The maximum atomic E-state index is 13.0. The minimum Gasteiger partial charge on any atom is -0.466 e. The van der Waals surface area contributed by atoms with Crippen LogP contribution in [0.15, 0.2) is 48.5 Å². The van der Waals surface area contributed by atoms with E-state index in [0.717, 1.165) is 57.3 Å². The molecule has 0 N–H and O–H groups in total. The van der Waals surface area contributed by atoms with Gasteiger partial charge in [-0.3, -0.25) is 19.3 Å². The number of hydrogen-bond donors (Lipinski definition) is 0. The van der Waals surface area contributed by atoms with Crippen molar-refractivity contribution in [3.8, 4) is 0 Å². The van der Waals surface area contributed by atoms with E-state index in [1.807, 2.05) is 11.0 Å². The van der Waals surface area contributed by atoms with E-state index >= 15 is 0 Å². The maximum absolute atomic E-state index is 13.0. The smallest absolute Gasteiger partial charge is 0.306 e. The van der Waals surface area contributed by atoms with Crippen LogP contribution in [0.25, 0.3) is 0 Å². The van der Waals surface area contributed by atoms with E-state index in [1.165, 1.54) is 16.7 Å². The molecule has 2 aromatic rings. The Morgan fingerprint density at radius 2 is 1.59 bits per heavy atom. The molecule has 0 radical (unpaired) electrons. The van der Waals surface area contributed by atoms with Gasteiger partial charge >= 0.3 is 5.97 Å². The van der Waals surface area contributed by atoms with Crippen molar-refractivity contribution >= 4 is 17.7 Å². The highest BCUT2D eigenvalue weighted by molar-refractivity contribution is 5.96. The predicted octanol–water partition coefficient (Wildman–Crippen LogP) is 4.83. The number of esters is 1. The SMILES string of the molecule is CCOC(=O)CCC(=O)N1CCC(CCC(=O)c2ccc3c(c2)CCN(Cc2ccccc2)CC3)CC1. The van der Waals surface area contributed by atoms with Crippen molar-refractivity contribution in [2.45, 2.75) is 64.8 Å². The highest BCUT2D eigenvalue weighted by atomic mass is 16.5. The molecule has 6 heteroatoms. The average Bonchev–Trinajstić information content (AvgIpc) is 3.13. The maximum Gasteiger partial charge on any atom is 0.306 e. The van der Waals surface area contributed by atoms with Crippen molar-refractivity contribution in [3.05, 3.63) is 70.8 Å². The molecule has 0 spiro atoms. The number of ketones is 1. The second-order valence-corrected chi connectivity index (χ2v) is 10.3. The quantitative estimate of drug-likeness (QED) is 0.342. The molecule has 0 unspecified atom stereocenters. The topological polar surface area (TPSA) is 66.9 Å². The Hall–Kier alpha value is -2.99. The molecule has 1 amide bonds. The first kappa shape index (κ1) is 27.1. The molecule has 37 heavy (non-hydrogen) atoms. The van der Waals surface area contributed by atoms with Crippen molar-refractivity contribution in [2.75, 3.05) is 32.8 Å². The third kappa shape index (κ3) is 8.00. The zero-order chi connectivity index (χ0) is 26.0. The fourth-order valence-electron chi connectivity index (χ4n) is 5.50. The van der Waals surface area contributed by atoms with Crippen LogP contribution >= 0.6 is 0 Å². The van der Waals surface area contributed by atoms with E-state index in [0.29, 0.717) is 32.0 Å². The van der Waals surface area contributed by atoms with Gasteiger partial charge in [0.2, 0.25) is 5.91 Å². The number of amides is 1. The van der Waals surface area contributed by atoms with E-state index in [-0.39, 0.29) is 30.5 Å². The number of nitrogens with zero attached hydrogens (tertiary/aromatic N) is 2. The van der Waals surface area contributed by atoms with Crippen LogP contribution in [0.5, 0.6) is 0 Å². The molecule has 2 heterocycles. The van der Waals surface area contributed by atoms with Gasteiger partial charge < -0.3 is 9.64 Å². The van der Waals surface area contributed by atoms with Gasteiger partial charge in [0.15, 0.2) is 5.78 Å². The zero-order valence-corrected chi connectivity index (χ0v) is 22.1. The number of likely N-dealkylation sites (tertiary alicyclic amines) is 1. The van der Waals surface area contributed by atoms with Crippen LogP contribution in [-0.4, -0.2) is 60.2 Å². The Morgan fingerprint density at radius 1 is 0.865 bits per heavy atom. The summed E-state index contributed by atoms with van der Waals surface area (Å²) in [5.74, 6) is 0.396. The van der Waals surface area contributed by atoms with Gasteiger partial charge in [0.25, 0.3) is 0 Å². The Kier molecular flexibility index (Phi) is 9.89. The lowest BCUT2D eigenvalue weighted by atomic mass is 9.89. The van der Waals surface area contributed by atoms with Crippen LogP contribution in [0.4, 0.5) is 0 Å². The van der Waals surface area contributed by atoms with Crippen LogP contribution in [-0.2, 0) is 33.7 Å². The van der Waals surface area contributed by atoms with E-state index < -0.39 is 0 Å². The standard InChI is InChI=1S/C31H40N2O4/c1-2-37-31(36)13-12-30(35)33-20-14-24(15-21-33)8-11-29(34)28-10-9-26-16-18-32(19-17-27(26)22-28)23-25-6-4-3-5-7-25/h3-7,9-10,22,24H,2,8,11-21,23H2,1H3. The molecule has 2 aliphatic heterocycles. The molecule has 0 aliphatic carbocycles. The first-order valence-corrected chi connectivity index (χ1v) is 13.9. The summed E-state index contributed by atoms with van der Waals surface area (Å²) in [7, 11) is 0. The van der Waals surface area contributed by atoms with Crippen molar-refractivity contribution < 1.29 is 19.1 Å². The molecule has 2 aromatic carbocycles. The molecular formula is C31H40N2O4. The number of rotatable bonds is 10. The number of carbonyl (C=O) groups excluding carboxylic acids is 3. The molecule has 2 aliphatic rings. The van der Waals surface area contributed by atoms with E-state index in [4.69, 9.17) is 4.74 Å². The van der Waals surface area contributed by atoms with Gasteiger partial charge in [-0.05, 0) is 67.7 Å². The highest BCUT2D eigenvalue weighted by Crippen LogP contribution is 2.25. The summed E-state index contributed by atoms with van der Waals surface area (Å²) in [5.41, 5.74) is 4.86. The van der Waals surface area contributed by atoms with Gasteiger partial charge in [0.1, 0.15) is 0 Å². The number of Topliss-reactive ketones (excluding diaryl/α,β-unsaturated/α-hetero) is 1. The fraction of sp³-hybridized carbons (Fsp3) is 0.516. The number of ether oxygens (including phenoxy) is 1. The summed E-state index contributed by atoms with van der Waals surface area (Å²) >= 11 is 0. The normalized spacial score (nSPS) is 16.6. The molecule has 1 saturated heterocycles. The van der Waals surface area contributed by atoms with Crippen molar-refractivity contribution in [2.24, 2.45) is 5.92 Å². The highest BCUT2D eigenvalue weighted by Gasteiger charge is 2.24. The van der Waals surface area contributed by atoms with Crippen LogP contribution in [0.1, 0.15) is 72.5 Å². The predicted molar refractivity (Wildman–Crippen MR) is 144 cm³/mol. The Bertz CT molecular complexity index is 1060. The minimum atomic E-state index is -0.313. The molecule has 6 nitrogen and oxygen atoms in total. The first-order chi connectivity index (χ1) is 18.0. The van der Waals surface area contributed by atoms with Crippen LogP contribution in [0.2, 0.25) is 0 Å². The summed E-state index contributed by atoms with van der Waals surface area (Å²) in [6.45, 7) is 6.54. The lowest BCUT2D eigenvalue weighted by Gasteiger charge is -2.32. The van der Waals surface area contributed by atoms with Gasteiger partial charge in [-0.1, -0.05) is 42.5 Å². The number of carbonyl (C=O) groups is 3. The summed E-state index contributed by atoms with van der Waals surface area (Å²) in [4.78, 5) is 41.3. The van der Waals surface area contributed by atoms with Crippen molar-refractivity contribution in [3.63, 3.8) is 0 Å². The van der Waals surface area contributed by atoms with E-state index in [1.54, 1.807) is 6.92 Å². The largest absolute Gasteiger partial charge is 0.466 e. The lowest BCUT2D eigenvalue weighted by Crippen LogP contribution is -2.38. The molecule has 4 rings (SSSR count). The Labute approximate surface area is 221 Å². The summed E-state index contributed by atoms with van der Waals surface area (Å²) in [6, 6.07) is 16.9. The van der Waals surface area contributed by atoms with Gasteiger partial charge in [-0.15, -0.1) is 0 Å². The third-order valence-corrected chi connectivity index (χ3v) is 7.77. The van der Waals surface area contributed by atoms with Crippen LogP contribution < -0.4 is 0 Å². The fourth-order valence-corrected chi connectivity index (χ4v) is 5.50. The molecule has 0 saturated carbocycles. The van der Waals surface area contributed by atoms with Gasteiger partial charge in [0.05, 0.1) is 13.0 Å². The lowest BCUT2D eigenvalue weighted by molar-refractivity contribution is -0.146. The zero-order valence-electron chi connectivity index (χ0n) is 22.1. The van der Waals surface area contributed by atoms with Crippen molar-refractivity contribution in [1.82, 2.24) is 9.80 Å². The van der Waals surface area contributed by atoms with Crippen LogP contribution in [0.3, 0.4) is 0 Å². The third-order valence-electron chi connectivity index (χ3n) is 7.77. The first-order valence-electron chi connectivity index (χ1n) is 13.9. The minimum absolute atomic E-state index is 0.0230. The number of piperidine rings is 1. The van der Waals surface area contributed by atoms with Gasteiger partial charge in [0, 0.05) is 51.1 Å². The number of fused-ring (bicyclic) bond motifs is 1. The Morgan fingerprint density at radius 3 is 2.32 bits per heavy atom. The molecule has 1 fully saturated rings. The average molecular weight is 505 g/mol. The van der Waals surface area contributed by atoms with E-state index in [2.05, 4.69) is 47.4 Å².